The second-order valence-corrected chi connectivity index (χ2v) is 14.3. The van der Waals surface area contributed by atoms with Crippen LogP contribution in [0.2, 0.25) is 0 Å². The Bertz CT molecular complexity index is 2990. The van der Waals surface area contributed by atoms with Crippen LogP contribution >= 0.6 is 0 Å². The van der Waals surface area contributed by atoms with Crippen molar-refractivity contribution in [1.29, 1.82) is 0 Å². The summed E-state index contributed by atoms with van der Waals surface area (Å²) in [7, 11) is 0. The molecule has 0 radical (unpaired) electrons. The maximum Gasteiger partial charge on any atom is 0.164 e. The maximum absolute atomic E-state index is 5.18. The molecule has 5 aromatic heterocycles. The van der Waals surface area contributed by atoms with Crippen molar-refractivity contribution in [2.75, 3.05) is 0 Å². The summed E-state index contributed by atoms with van der Waals surface area (Å²) in [5.74, 6) is 5.58. The van der Waals surface area contributed by atoms with Gasteiger partial charge < -0.3 is 4.57 Å². The van der Waals surface area contributed by atoms with E-state index in [1.165, 1.54) is 0 Å². The molecule has 0 aliphatic carbocycles. The molecule has 59 heavy (non-hydrogen) atoms. The van der Waals surface area contributed by atoms with Crippen LogP contribution in [0.25, 0.3) is 95.6 Å². The minimum Gasteiger partial charge on any atom is -0.309 e. The molecule has 0 saturated heterocycles. The van der Waals surface area contributed by atoms with Gasteiger partial charge in [-0.1, -0.05) is 97.1 Å². The fourth-order valence-electron chi connectivity index (χ4n) is 7.62. The van der Waals surface area contributed by atoms with Crippen molar-refractivity contribution in [2.24, 2.45) is 0 Å². The normalized spacial score (nSPS) is 11.4. The van der Waals surface area contributed by atoms with Gasteiger partial charge in [0.25, 0.3) is 0 Å². The van der Waals surface area contributed by atoms with Gasteiger partial charge in [-0.25, -0.2) is 44.9 Å². The van der Waals surface area contributed by atoms with Gasteiger partial charge in [0.1, 0.15) is 23.3 Å². The van der Waals surface area contributed by atoms with Gasteiger partial charge in [0.15, 0.2) is 29.1 Å². The molecule has 11 heteroatoms. The van der Waals surface area contributed by atoms with Crippen molar-refractivity contribution in [2.45, 2.75) is 27.7 Å². The van der Waals surface area contributed by atoms with Crippen LogP contribution in [-0.2, 0) is 0 Å². The summed E-state index contributed by atoms with van der Waals surface area (Å²) in [5.41, 5.74) is 9.07. The van der Waals surface area contributed by atoms with Gasteiger partial charge in [0.2, 0.25) is 0 Å². The summed E-state index contributed by atoms with van der Waals surface area (Å²) in [4.78, 5) is 47.6. The standard InChI is InChI=1S/C48H35N11/c1-28-50-29(2)53-46(52-28)34-17-20-39-40-21-18-35(47-54-30(3)51-31(4)55-47)25-43(40)59(42(39)24-34)37-19-22-38(36-16-11-23-49-27-36)41(26-37)48-57-44(32-12-7-5-8-13-32)56-45(58-48)33-14-9-6-10-15-33/h5-27H,1-4H3. The van der Waals surface area contributed by atoms with E-state index < -0.39 is 0 Å². The van der Waals surface area contributed by atoms with E-state index in [0.717, 1.165) is 66.4 Å². The molecular formula is C48H35N11. The molecule has 0 amide bonds. The topological polar surface area (TPSA) is 134 Å². The second kappa shape index (κ2) is 14.5. The number of aryl methyl sites for hydroxylation is 4. The SMILES string of the molecule is Cc1nc(C)nc(-c2ccc3c4ccc(-c5nc(C)nc(C)n5)cc4n(-c4ccc(-c5cccnc5)c(-c5nc(-c6ccccc6)nc(-c6ccccc6)n5)c4)c3c2)n1. The molecule has 10 aromatic rings. The summed E-state index contributed by atoms with van der Waals surface area (Å²) < 4.78 is 2.27. The zero-order valence-electron chi connectivity index (χ0n) is 32.7. The largest absolute Gasteiger partial charge is 0.309 e. The molecule has 0 spiro atoms. The predicted molar refractivity (Wildman–Crippen MR) is 230 cm³/mol. The lowest BCUT2D eigenvalue weighted by Gasteiger charge is -2.16. The number of nitrogens with zero attached hydrogens (tertiary/aromatic N) is 11. The van der Waals surface area contributed by atoms with Gasteiger partial charge in [0, 0.05) is 62.2 Å². The maximum atomic E-state index is 5.18. The third-order valence-corrected chi connectivity index (χ3v) is 10.2. The zero-order chi connectivity index (χ0) is 40.0. The molecule has 282 valence electrons. The summed E-state index contributed by atoms with van der Waals surface area (Å²) in [6.45, 7) is 7.55. The van der Waals surface area contributed by atoms with Crippen LogP contribution in [0.15, 0.2) is 140 Å². The molecule has 0 aliphatic rings. The smallest absolute Gasteiger partial charge is 0.164 e. The molecule has 0 fully saturated rings. The third-order valence-electron chi connectivity index (χ3n) is 10.2. The van der Waals surface area contributed by atoms with Gasteiger partial charge in [0.05, 0.1) is 11.0 Å². The Kier molecular flexibility index (Phi) is 8.75. The van der Waals surface area contributed by atoms with E-state index in [-0.39, 0.29) is 0 Å². The van der Waals surface area contributed by atoms with E-state index in [1.54, 1.807) is 6.20 Å². The number of aromatic nitrogens is 11. The Labute approximate surface area is 339 Å². The highest BCUT2D eigenvalue weighted by molar-refractivity contribution is 6.11. The van der Waals surface area contributed by atoms with Gasteiger partial charge in [-0.05, 0) is 63.6 Å². The Hall–Kier alpha value is -7.92. The number of benzene rings is 5. The first-order chi connectivity index (χ1) is 28.8. The van der Waals surface area contributed by atoms with Crippen LogP contribution in [0.3, 0.4) is 0 Å². The molecule has 10 rings (SSSR count). The number of pyridine rings is 1. The summed E-state index contributed by atoms with van der Waals surface area (Å²) >= 11 is 0. The van der Waals surface area contributed by atoms with E-state index in [4.69, 9.17) is 34.9 Å². The number of rotatable bonds is 7. The summed E-state index contributed by atoms with van der Waals surface area (Å²) in [6, 6.07) is 43.2. The highest BCUT2D eigenvalue weighted by Crippen LogP contribution is 2.39. The Morgan fingerprint density at radius 3 is 1.32 bits per heavy atom. The van der Waals surface area contributed by atoms with Gasteiger partial charge in [-0.2, -0.15) is 0 Å². The number of hydrogen-bond donors (Lipinski definition) is 0. The van der Waals surface area contributed by atoms with E-state index in [9.17, 15) is 0 Å². The lowest BCUT2D eigenvalue weighted by molar-refractivity contribution is 0.928. The van der Waals surface area contributed by atoms with E-state index >= 15 is 0 Å². The van der Waals surface area contributed by atoms with Crippen LogP contribution in [0.1, 0.15) is 23.3 Å². The Balaban J connectivity index is 1.27. The molecule has 11 nitrogen and oxygen atoms in total. The monoisotopic (exact) mass is 765 g/mol. The molecule has 0 aliphatic heterocycles. The Morgan fingerprint density at radius 2 is 0.831 bits per heavy atom. The van der Waals surface area contributed by atoms with E-state index in [2.05, 4.69) is 80.2 Å². The average Bonchev–Trinajstić information content (AvgIpc) is 3.59. The number of hydrogen-bond acceptors (Lipinski definition) is 10. The van der Waals surface area contributed by atoms with Crippen molar-refractivity contribution in [3.05, 3.63) is 163 Å². The average molecular weight is 766 g/mol. The van der Waals surface area contributed by atoms with Crippen LogP contribution < -0.4 is 0 Å². The fraction of sp³-hybridized carbons (Fsp3) is 0.0833. The molecule has 0 saturated carbocycles. The molecule has 5 heterocycles. The summed E-state index contributed by atoms with van der Waals surface area (Å²) in [6.07, 6.45) is 3.64. The summed E-state index contributed by atoms with van der Waals surface area (Å²) in [5, 5.41) is 2.13. The van der Waals surface area contributed by atoms with Crippen molar-refractivity contribution in [3.63, 3.8) is 0 Å². The van der Waals surface area contributed by atoms with Crippen LogP contribution in [0, 0.1) is 27.7 Å². The highest BCUT2D eigenvalue weighted by Gasteiger charge is 2.21. The minimum absolute atomic E-state index is 0.535. The Morgan fingerprint density at radius 1 is 0.356 bits per heavy atom. The van der Waals surface area contributed by atoms with Gasteiger partial charge in [-0.15, -0.1) is 0 Å². The second-order valence-electron chi connectivity index (χ2n) is 14.3. The zero-order valence-corrected chi connectivity index (χ0v) is 32.7. The molecule has 0 N–H and O–H groups in total. The van der Waals surface area contributed by atoms with Crippen molar-refractivity contribution < 1.29 is 0 Å². The van der Waals surface area contributed by atoms with Crippen molar-refractivity contribution in [3.8, 4) is 73.8 Å². The quantitative estimate of drug-likeness (QED) is 0.154. The predicted octanol–water partition coefficient (Wildman–Crippen LogP) is 9.97. The van der Waals surface area contributed by atoms with E-state index in [1.807, 2.05) is 101 Å². The molecular weight excluding hydrogens is 731 g/mol. The number of fused-ring (bicyclic) bond motifs is 3. The van der Waals surface area contributed by atoms with E-state index in [0.29, 0.717) is 52.4 Å². The molecule has 0 bridgehead atoms. The lowest BCUT2D eigenvalue weighted by Crippen LogP contribution is -2.03. The van der Waals surface area contributed by atoms with Crippen LogP contribution in [-0.4, -0.2) is 54.4 Å². The van der Waals surface area contributed by atoms with Crippen molar-refractivity contribution >= 4 is 21.8 Å². The first-order valence-corrected chi connectivity index (χ1v) is 19.2. The van der Waals surface area contributed by atoms with Crippen LogP contribution in [0.5, 0.6) is 0 Å². The first-order valence-electron chi connectivity index (χ1n) is 19.2. The van der Waals surface area contributed by atoms with Gasteiger partial charge >= 0.3 is 0 Å². The molecule has 0 unspecified atom stereocenters. The van der Waals surface area contributed by atoms with Crippen LogP contribution in [0.4, 0.5) is 0 Å². The third kappa shape index (κ3) is 6.74. The highest BCUT2D eigenvalue weighted by atomic mass is 15.1. The first kappa shape index (κ1) is 35.5. The fourth-order valence-corrected chi connectivity index (χ4v) is 7.62. The van der Waals surface area contributed by atoms with Crippen molar-refractivity contribution in [1.82, 2.24) is 54.4 Å². The lowest BCUT2D eigenvalue weighted by atomic mass is 9.99. The van der Waals surface area contributed by atoms with Gasteiger partial charge in [-0.3, -0.25) is 4.98 Å². The minimum atomic E-state index is 0.535. The molecule has 5 aromatic carbocycles. The molecule has 0 atom stereocenters.